The van der Waals surface area contributed by atoms with Crippen molar-refractivity contribution < 1.29 is 37.7 Å². The molecule has 0 N–H and O–H groups in total. The summed E-state index contributed by atoms with van der Waals surface area (Å²) in [5, 5.41) is 0.262. The molecule has 0 bridgehead atoms. The Morgan fingerprint density at radius 1 is 1.23 bits per heavy atom. The number of nitrogens with zero attached hydrogens (tertiary/aromatic N) is 3. The molecule has 0 spiro atoms. The second-order valence-electron chi connectivity index (χ2n) is 11.3. The number of thiazole rings is 1. The van der Waals surface area contributed by atoms with Gasteiger partial charge in [-0.1, -0.05) is 11.8 Å². The summed E-state index contributed by atoms with van der Waals surface area (Å²) in [7, 11) is 5.34. The molecule has 1 fully saturated rings. The molecule has 3 rings (SSSR count). The highest BCUT2D eigenvalue weighted by atomic mass is 32.1. The summed E-state index contributed by atoms with van der Waals surface area (Å²) in [6.07, 6.45) is 1.07. The van der Waals surface area contributed by atoms with Crippen LogP contribution in [0, 0.1) is 17.7 Å². The summed E-state index contributed by atoms with van der Waals surface area (Å²) in [4.78, 5) is 33.7. The average Bonchev–Trinajstić information content (AvgIpc) is 3.35. The van der Waals surface area contributed by atoms with Crippen LogP contribution in [0.15, 0.2) is 18.2 Å². The molecule has 1 aromatic carbocycles. The number of anilines is 1. The van der Waals surface area contributed by atoms with E-state index in [4.69, 9.17) is 23.7 Å². The van der Waals surface area contributed by atoms with Crippen LogP contribution in [-0.2, 0) is 25.4 Å². The van der Waals surface area contributed by atoms with Crippen LogP contribution in [-0.4, -0.2) is 87.4 Å². The quantitative estimate of drug-likeness (QED) is 0.246. The van der Waals surface area contributed by atoms with Crippen molar-refractivity contribution >= 4 is 28.5 Å². The van der Waals surface area contributed by atoms with Crippen LogP contribution in [0.3, 0.4) is 0 Å². The SMILES string of the molecule is CCOC(=O)c1nc(N(C)C(=O)OC(C)(C)C)sc1CC(COc1ccc(C#CCN(C)C)cc1F)OC1CCCCO1. The smallest absolute Gasteiger partial charge is 0.416 e. The number of esters is 1. The van der Waals surface area contributed by atoms with E-state index >= 15 is 0 Å². The Morgan fingerprint density at radius 2 is 2.00 bits per heavy atom. The van der Waals surface area contributed by atoms with Gasteiger partial charge in [-0.25, -0.2) is 19.0 Å². The second kappa shape index (κ2) is 16.0. The lowest BCUT2D eigenvalue weighted by Crippen LogP contribution is -2.34. The molecule has 1 aliphatic rings. The number of benzene rings is 1. The number of hydrogen-bond donors (Lipinski definition) is 0. The van der Waals surface area contributed by atoms with E-state index in [1.54, 1.807) is 33.8 Å². The van der Waals surface area contributed by atoms with Gasteiger partial charge in [-0.3, -0.25) is 9.80 Å². The normalized spacial score (nSPS) is 15.8. The van der Waals surface area contributed by atoms with Crippen molar-refractivity contribution in [2.24, 2.45) is 0 Å². The zero-order chi connectivity index (χ0) is 31.6. The molecule has 1 amide bonds. The number of aromatic nitrogens is 1. The van der Waals surface area contributed by atoms with Gasteiger partial charge in [0, 0.05) is 30.5 Å². The maximum absolute atomic E-state index is 14.9. The van der Waals surface area contributed by atoms with E-state index < -0.39 is 35.9 Å². The number of ether oxygens (including phenoxy) is 5. The topological polar surface area (TPSA) is 99.7 Å². The molecule has 2 aromatic rings. The Balaban J connectivity index is 1.84. The van der Waals surface area contributed by atoms with Crippen molar-refractivity contribution in [3.8, 4) is 17.6 Å². The van der Waals surface area contributed by atoms with Crippen molar-refractivity contribution in [2.45, 2.75) is 71.4 Å². The Bertz CT molecular complexity index is 1290. The van der Waals surface area contributed by atoms with Crippen LogP contribution >= 0.6 is 11.3 Å². The first kappa shape index (κ1) is 34.3. The predicted molar refractivity (Wildman–Crippen MR) is 162 cm³/mol. The number of carbonyl (C=O) groups is 2. The van der Waals surface area contributed by atoms with Crippen LogP contribution in [0.25, 0.3) is 0 Å². The number of amides is 1. The molecule has 1 saturated heterocycles. The fraction of sp³-hybridized carbons (Fsp3) is 0.581. The molecule has 0 saturated carbocycles. The summed E-state index contributed by atoms with van der Waals surface area (Å²) < 4.78 is 43.6. The maximum Gasteiger partial charge on any atom is 0.416 e. The molecule has 2 unspecified atom stereocenters. The Morgan fingerprint density at radius 3 is 2.63 bits per heavy atom. The van der Waals surface area contributed by atoms with Crippen molar-refractivity contribution in [1.29, 1.82) is 0 Å². The minimum Gasteiger partial charge on any atom is -0.488 e. The third kappa shape index (κ3) is 11.1. The van der Waals surface area contributed by atoms with Gasteiger partial charge in [0.1, 0.15) is 12.2 Å². The van der Waals surface area contributed by atoms with E-state index in [1.807, 2.05) is 19.0 Å². The monoisotopic (exact) mass is 619 g/mol. The summed E-state index contributed by atoms with van der Waals surface area (Å²) >= 11 is 1.15. The van der Waals surface area contributed by atoms with E-state index in [2.05, 4.69) is 16.8 Å². The third-order valence-electron chi connectivity index (χ3n) is 5.99. The molecular weight excluding hydrogens is 577 g/mol. The van der Waals surface area contributed by atoms with E-state index in [9.17, 15) is 14.0 Å². The predicted octanol–water partition coefficient (Wildman–Crippen LogP) is 5.28. The van der Waals surface area contributed by atoms with E-state index in [0.717, 1.165) is 24.2 Å². The molecule has 1 aliphatic heterocycles. The first-order valence-electron chi connectivity index (χ1n) is 14.3. The molecule has 2 heterocycles. The molecule has 1 aromatic heterocycles. The maximum atomic E-state index is 14.9. The van der Waals surface area contributed by atoms with Crippen molar-refractivity contribution in [3.05, 3.63) is 40.2 Å². The number of carbonyl (C=O) groups excluding carboxylic acids is 2. The first-order chi connectivity index (χ1) is 20.4. The van der Waals surface area contributed by atoms with Crippen LogP contribution < -0.4 is 9.64 Å². The molecule has 0 aliphatic carbocycles. The first-order valence-corrected chi connectivity index (χ1v) is 15.1. The molecular formula is C31H42FN3O7S. The number of rotatable bonds is 11. The van der Waals surface area contributed by atoms with Crippen molar-refractivity contribution in [2.75, 3.05) is 52.4 Å². The van der Waals surface area contributed by atoms with Gasteiger partial charge in [-0.15, -0.1) is 11.3 Å². The fourth-order valence-corrected chi connectivity index (χ4v) is 5.02. The van der Waals surface area contributed by atoms with E-state index in [0.29, 0.717) is 30.0 Å². The summed E-state index contributed by atoms with van der Waals surface area (Å²) in [5.41, 5.74) is -0.0967. The largest absolute Gasteiger partial charge is 0.488 e. The summed E-state index contributed by atoms with van der Waals surface area (Å²) in [6, 6.07) is 4.56. The van der Waals surface area contributed by atoms with Gasteiger partial charge in [-0.05, 0) is 79.3 Å². The zero-order valence-electron chi connectivity index (χ0n) is 26.0. The Hall–Kier alpha value is -3.24. The Kier molecular flexibility index (Phi) is 12.7. The molecule has 12 heteroatoms. The molecule has 43 heavy (non-hydrogen) atoms. The van der Waals surface area contributed by atoms with Gasteiger partial charge in [0.2, 0.25) is 0 Å². The minimum atomic E-state index is -0.710. The molecule has 2 atom stereocenters. The highest BCUT2D eigenvalue weighted by Gasteiger charge is 2.29. The van der Waals surface area contributed by atoms with Crippen LogP contribution in [0.5, 0.6) is 5.75 Å². The summed E-state index contributed by atoms with van der Waals surface area (Å²) in [5.74, 6) is 4.81. The highest BCUT2D eigenvalue weighted by molar-refractivity contribution is 7.16. The summed E-state index contributed by atoms with van der Waals surface area (Å²) in [6.45, 7) is 8.25. The van der Waals surface area contributed by atoms with Crippen molar-refractivity contribution in [3.63, 3.8) is 0 Å². The van der Waals surface area contributed by atoms with Gasteiger partial charge < -0.3 is 23.7 Å². The fourth-order valence-electron chi connectivity index (χ4n) is 3.95. The van der Waals surface area contributed by atoms with E-state index in [-0.39, 0.29) is 36.2 Å². The van der Waals surface area contributed by atoms with Gasteiger partial charge in [0.05, 0.1) is 19.3 Å². The van der Waals surface area contributed by atoms with Gasteiger partial charge in [0.15, 0.2) is 28.7 Å². The van der Waals surface area contributed by atoms with Crippen LogP contribution in [0.4, 0.5) is 14.3 Å². The highest BCUT2D eigenvalue weighted by Crippen LogP contribution is 2.30. The number of halogens is 1. The lowest BCUT2D eigenvalue weighted by molar-refractivity contribution is -0.192. The third-order valence-corrected chi connectivity index (χ3v) is 7.14. The van der Waals surface area contributed by atoms with Crippen LogP contribution in [0.2, 0.25) is 0 Å². The lowest BCUT2D eigenvalue weighted by Gasteiger charge is -2.27. The molecule has 236 valence electrons. The second-order valence-corrected chi connectivity index (χ2v) is 12.3. The molecule has 0 radical (unpaired) electrons. The lowest BCUT2D eigenvalue weighted by atomic mass is 10.1. The van der Waals surface area contributed by atoms with Gasteiger partial charge in [0.25, 0.3) is 0 Å². The van der Waals surface area contributed by atoms with Gasteiger partial charge in [-0.2, -0.15) is 0 Å². The van der Waals surface area contributed by atoms with Crippen molar-refractivity contribution in [1.82, 2.24) is 9.88 Å². The zero-order valence-corrected chi connectivity index (χ0v) is 26.8. The average molecular weight is 620 g/mol. The van der Waals surface area contributed by atoms with E-state index in [1.165, 1.54) is 24.1 Å². The van der Waals surface area contributed by atoms with Gasteiger partial charge >= 0.3 is 12.1 Å². The standard InChI is InChI=1S/C31H42FN3O7S/c1-8-38-28(36)27-25(43-29(33-27)35(7)30(37)42-31(2,3)4)19-22(41-26-13-9-10-17-39-26)20-40-24-15-14-21(18-23(24)32)12-11-16-34(5)6/h14-15,18,22,26H,8-10,13,16-17,19-20H2,1-7H3. The Labute approximate surface area is 257 Å². The molecule has 10 nitrogen and oxygen atoms in total. The minimum absolute atomic E-state index is 0.0279. The van der Waals surface area contributed by atoms with Crippen LogP contribution in [0.1, 0.15) is 67.9 Å². The number of hydrogen-bond acceptors (Lipinski definition) is 10.